The zero-order valence-electron chi connectivity index (χ0n) is 11.2. The van der Waals surface area contributed by atoms with Crippen LogP contribution in [0, 0.1) is 18.3 Å². The van der Waals surface area contributed by atoms with E-state index in [1.807, 2.05) is 13.0 Å². The molecule has 0 spiro atoms. The number of amides is 1. The van der Waals surface area contributed by atoms with Crippen molar-refractivity contribution in [3.05, 3.63) is 29.3 Å². The maximum atomic E-state index is 11.9. The molecule has 1 fully saturated rings. The lowest BCUT2D eigenvalue weighted by Crippen LogP contribution is -2.34. The number of rotatable bonds is 4. The number of hydrogen-bond donors (Lipinski definition) is 2. The molecular weight excluding hydrogens is 238 g/mol. The maximum absolute atomic E-state index is 11.9. The van der Waals surface area contributed by atoms with Crippen molar-refractivity contribution < 1.29 is 4.79 Å². The van der Waals surface area contributed by atoms with Gasteiger partial charge in [-0.25, -0.2) is 0 Å². The lowest BCUT2D eigenvalue weighted by Gasteiger charge is -2.13. The van der Waals surface area contributed by atoms with Crippen molar-refractivity contribution in [2.24, 2.45) is 0 Å². The van der Waals surface area contributed by atoms with Gasteiger partial charge in [0.05, 0.1) is 18.2 Å². The summed E-state index contributed by atoms with van der Waals surface area (Å²) in [5, 5.41) is 15.0. The average molecular weight is 257 g/mol. The van der Waals surface area contributed by atoms with Crippen molar-refractivity contribution >= 4 is 11.6 Å². The molecule has 0 saturated heterocycles. The third-order valence-electron chi connectivity index (χ3n) is 3.55. The van der Waals surface area contributed by atoms with Crippen LogP contribution in [0.5, 0.6) is 0 Å². The molecule has 2 N–H and O–H groups in total. The lowest BCUT2D eigenvalue weighted by atomic mass is 10.1. The number of nitrogens with one attached hydrogen (secondary N) is 2. The van der Waals surface area contributed by atoms with Gasteiger partial charge in [-0.2, -0.15) is 5.26 Å². The molecule has 4 heteroatoms. The van der Waals surface area contributed by atoms with Crippen molar-refractivity contribution in [3.8, 4) is 6.07 Å². The third kappa shape index (κ3) is 3.80. The van der Waals surface area contributed by atoms with E-state index in [0.29, 0.717) is 18.2 Å². The number of aryl methyl sites for hydroxylation is 1. The molecule has 0 radical (unpaired) electrons. The lowest BCUT2D eigenvalue weighted by molar-refractivity contribution is -0.115. The number of anilines is 1. The molecule has 1 aromatic rings. The van der Waals surface area contributed by atoms with Gasteiger partial charge in [-0.05, 0) is 37.5 Å². The first-order valence-electron chi connectivity index (χ1n) is 6.73. The molecule has 0 aromatic heterocycles. The van der Waals surface area contributed by atoms with Crippen molar-refractivity contribution in [2.75, 3.05) is 11.9 Å². The highest BCUT2D eigenvalue weighted by Crippen LogP contribution is 2.18. The summed E-state index contributed by atoms with van der Waals surface area (Å²) in [7, 11) is 0. The van der Waals surface area contributed by atoms with Crippen molar-refractivity contribution in [2.45, 2.75) is 38.6 Å². The highest BCUT2D eigenvalue weighted by Gasteiger charge is 2.15. The fourth-order valence-corrected chi connectivity index (χ4v) is 2.39. The van der Waals surface area contributed by atoms with Gasteiger partial charge in [0, 0.05) is 11.7 Å². The first kappa shape index (κ1) is 13.6. The molecule has 4 nitrogen and oxygen atoms in total. The van der Waals surface area contributed by atoms with E-state index < -0.39 is 0 Å². The van der Waals surface area contributed by atoms with Gasteiger partial charge in [0.15, 0.2) is 0 Å². The third-order valence-corrected chi connectivity index (χ3v) is 3.55. The summed E-state index contributed by atoms with van der Waals surface area (Å²) < 4.78 is 0. The van der Waals surface area contributed by atoms with Crippen LogP contribution in [0.1, 0.15) is 36.8 Å². The second kappa shape index (κ2) is 6.35. The smallest absolute Gasteiger partial charge is 0.238 e. The minimum absolute atomic E-state index is 0.0508. The SMILES string of the molecule is Cc1ccc(C#N)cc1NC(=O)CNC1CCCC1. The number of hydrogen-bond acceptors (Lipinski definition) is 3. The quantitative estimate of drug-likeness (QED) is 0.870. The molecule has 0 unspecified atom stereocenters. The predicted octanol–water partition coefficient (Wildman–Crippen LogP) is 2.34. The van der Waals surface area contributed by atoms with E-state index in [9.17, 15) is 4.79 Å². The van der Waals surface area contributed by atoms with E-state index >= 15 is 0 Å². The van der Waals surface area contributed by atoms with Gasteiger partial charge in [0.2, 0.25) is 5.91 Å². The summed E-state index contributed by atoms with van der Waals surface area (Å²) in [6.45, 7) is 2.25. The minimum Gasteiger partial charge on any atom is -0.325 e. The molecule has 1 saturated carbocycles. The molecule has 1 aliphatic carbocycles. The molecule has 100 valence electrons. The Hall–Kier alpha value is -1.86. The number of nitrogens with zero attached hydrogens (tertiary/aromatic N) is 1. The van der Waals surface area contributed by atoms with Crippen LogP contribution in [0.4, 0.5) is 5.69 Å². The van der Waals surface area contributed by atoms with Crippen LogP contribution >= 0.6 is 0 Å². The van der Waals surface area contributed by atoms with E-state index in [1.165, 1.54) is 12.8 Å². The Morgan fingerprint density at radius 2 is 2.16 bits per heavy atom. The van der Waals surface area contributed by atoms with E-state index in [0.717, 1.165) is 24.1 Å². The Labute approximate surface area is 113 Å². The van der Waals surface area contributed by atoms with Crippen LogP contribution in [0.2, 0.25) is 0 Å². The molecule has 1 aromatic carbocycles. The van der Waals surface area contributed by atoms with Crippen molar-refractivity contribution in [1.82, 2.24) is 5.32 Å². The van der Waals surface area contributed by atoms with Gasteiger partial charge in [-0.1, -0.05) is 18.9 Å². The molecule has 0 atom stereocenters. The monoisotopic (exact) mass is 257 g/mol. The Bertz CT molecular complexity index is 499. The first-order chi connectivity index (χ1) is 9.19. The Kier molecular flexibility index (Phi) is 4.53. The molecule has 2 rings (SSSR count). The van der Waals surface area contributed by atoms with Gasteiger partial charge in [-0.3, -0.25) is 4.79 Å². The van der Waals surface area contributed by atoms with Crippen LogP contribution in [0.25, 0.3) is 0 Å². The highest BCUT2D eigenvalue weighted by atomic mass is 16.1. The summed E-state index contributed by atoms with van der Waals surface area (Å²) in [4.78, 5) is 11.9. The predicted molar refractivity (Wildman–Crippen MR) is 74.8 cm³/mol. The maximum Gasteiger partial charge on any atom is 0.238 e. The molecule has 0 bridgehead atoms. The molecular formula is C15H19N3O. The molecule has 0 aliphatic heterocycles. The second-order valence-electron chi connectivity index (χ2n) is 5.05. The second-order valence-corrected chi connectivity index (χ2v) is 5.05. The van der Waals surface area contributed by atoms with E-state index in [1.54, 1.807) is 12.1 Å². The highest BCUT2D eigenvalue weighted by molar-refractivity contribution is 5.93. The average Bonchev–Trinajstić information content (AvgIpc) is 2.92. The van der Waals surface area contributed by atoms with Gasteiger partial charge < -0.3 is 10.6 Å². The molecule has 19 heavy (non-hydrogen) atoms. The zero-order valence-corrected chi connectivity index (χ0v) is 11.2. The minimum atomic E-state index is -0.0508. The molecule has 1 aliphatic rings. The largest absolute Gasteiger partial charge is 0.325 e. The van der Waals surface area contributed by atoms with Gasteiger partial charge >= 0.3 is 0 Å². The number of carbonyl (C=O) groups is 1. The fraction of sp³-hybridized carbons (Fsp3) is 0.467. The summed E-state index contributed by atoms with van der Waals surface area (Å²) in [5.74, 6) is -0.0508. The van der Waals surface area contributed by atoms with Crippen LogP contribution in [0.15, 0.2) is 18.2 Å². The van der Waals surface area contributed by atoms with Crippen LogP contribution in [-0.4, -0.2) is 18.5 Å². The zero-order chi connectivity index (χ0) is 13.7. The van der Waals surface area contributed by atoms with Gasteiger partial charge in [0.1, 0.15) is 0 Å². The Morgan fingerprint density at radius 1 is 1.42 bits per heavy atom. The summed E-state index contributed by atoms with van der Waals surface area (Å²) in [5.41, 5.74) is 2.25. The van der Waals surface area contributed by atoms with Crippen LogP contribution in [0.3, 0.4) is 0 Å². The van der Waals surface area contributed by atoms with Gasteiger partial charge in [0.25, 0.3) is 0 Å². The summed E-state index contributed by atoms with van der Waals surface area (Å²) in [6.07, 6.45) is 4.83. The number of carbonyl (C=O) groups excluding carboxylic acids is 1. The molecule has 0 heterocycles. The molecule has 1 amide bonds. The Morgan fingerprint density at radius 3 is 2.84 bits per heavy atom. The summed E-state index contributed by atoms with van der Waals surface area (Å²) in [6, 6.07) is 7.87. The van der Waals surface area contributed by atoms with Crippen LogP contribution < -0.4 is 10.6 Å². The van der Waals surface area contributed by atoms with Crippen molar-refractivity contribution in [3.63, 3.8) is 0 Å². The standard InChI is InChI=1S/C15H19N3O/c1-11-6-7-12(9-16)8-14(11)18-15(19)10-17-13-4-2-3-5-13/h6-8,13,17H,2-5,10H2,1H3,(H,18,19). The topological polar surface area (TPSA) is 64.9 Å². The van der Waals surface area contributed by atoms with E-state index in [4.69, 9.17) is 5.26 Å². The first-order valence-corrected chi connectivity index (χ1v) is 6.73. The summed E-state index contributed by atoms with van der Waals surface area (Å²) >= 11 is 0. The van der Waals surface area contributed by atoms with Gasteiger partial charge in [-0.15, -0.1) is 0 Å². The fourth-order valence-electron chi connectivity index (χ4n) is 2.39. The number of benzene rings is 1. The number of nitriles is 1. The van der Waals surface area contributed by atoms with E-state index in [-0.39, 0.29) is 5.91 Å². The van der Waals surface area contributed by atoms with Crippen molar-refractivity contribution in [1.29, 1.82) is 5.26 Å². The van der Waals surface area contributed by atoms with Crippen LogP contribution in [-0.2, 0) is 4.79 Å². The normalized spacial score (nSPS) is 15.2. The van der Waals surface area contributed by atoms with E-state index in [2.05, 4.69) is 16.7 Å². The Balaban J connectivity index is 1.89.